The molecule has 0 saturated heterocycles. The highest BCUT2D eigenvalue weighted by Gasteiger charge is 2.29. The Labute approximate surface area is 623 Å². The first-order valence-electron chi connectivity index (χ1n) is 43.0. The van der Waals surface area contributed by atoms with Gasteiger partial charge in [0.15, 0.2) is 0 Å². The Kier molecular flexibility index (Phi) is 70.3. The van der Waals surface area contributed by atoms with Gasteiger partial charge in [0.2, 0.25) is 0 Å². The number of unbranched alkanes of at least 4 members (excludes halogenated alkanes) is 37. The average molecular weight is 1440 g/mol. The van der Waals surface area contributed by atoms with Gasteiger partial charge in [0, 0.05) is 26.2 Å². The molecule has 0 heterocycles. The lowest BCUT2D eigenvalue weighted by Gasteiger charge is -2.28. The molecule has 0 saturated carbocycles. The van der Waals surface area contributed by atoms with Crippen molar-refractivity contribution in [2.24, 2.45) is 11.8 Å². The molecule has 602 valence electrons. The maximum absolute atomic E-state index is 13.3. The van der Waals surface area contributed by atoms with E-state index in [0.717, 1.165) is 116 Å². The zero-order chi connectivity index (χ0) is 75.5. The zero-order valence-electron chi connectivity index (χ0n) is 68.6. The second-order valence-electron chi connectivity index (χ2n) is 32.5. The fourth-order valence-corrected chi connectivity index (χ4v) is 13.5. The van der Waals surface area contributed by atoms with Crippen molar-refractivity contribution in [3.05, 3.63) is 0 Å². The lowest BCUT2D eigenvalue weighted by Crippen LogP contribution is -2.38. The third kappa shape index (κ3) is 71.6. The van der Waals surface area contributed by atoms with Gasteiger partial charge < -0.3 is 44.5 Å². The smallest absolute Gasteiger partial charge is 0.309 e. The summed E-state index contributed by atoms with van der Waals surface area (Å²) < 4.78 is 21.9. The molecule has 0 radical (unpaired) electrons. The molecule has 101 heavy (non-hydrogen) atoms. The molecule has 0 rings (SSSR count). The maximum Gasteiger partial charge on any atom is 0.309 e. The quantitative estimate of drug-likeness (QED) is 0.0218. The summed E-state index contributed by atoms with van der Waals surface area (Å²) in [6.45, 7) is 27.8. The van der Waals surface area contributed by atoms with Gasteiger partial charge in [0.25, 0.3) is 0 Å². The first-order chi connectivity index (χ1) is 48.4. The van der Waals surface area contributed by atoms with Crippen LogP contribution >= 0.6 is 0 Å². The zero-order valence-corrected chi connectivity index (χ0v) is 68.6. The number of hydrogen-bond donors (Lipinski definition) is 5. The van der Waals surface area contributed by atoms with E-state index in [4.69, 9.17) is 18.9 Å². The van der Waals surface area contributed by atoms with Crippen LogP contribution in [0, 0.1) is 11.8 Å². The summed E-state index contributed by atoms with van der Waals surface area (Å²) in [5, 5.41) is 54.3. The molecular formula is C86H170N2O13. The molecule has 0 aliphatic rings. The van der Waals surface area contributed by atoms with E-state index in [9.17, 15) is 44.7 Å². The molecular weight excluding hydrogens is 1270 g/mol. The van der Waals surface area contributed by atoms with Gasteiger partial charge in [-0.3, -0.25) is 29.0 Å². The second-order valence-corrected chi connectivity index (χ2v) is 32.5. The fraction of sp³-hybridized carbons (Fsp3) is 0.953. The van der Waals surface area contributed by atoms with Crippen LogP contribution in [-0.4, -0.2) is 153 Å². The number of nitrogens with zero attached hydrogens (tertiary/aromatic N) is 2. The number of carbonyl (C=O) groups is 4. The van der Waals surface area contributed by atoms with E-state index in [1.165, 1.54) is 193 Å². The molecule has 0 aromatic rings. The lowest BCUT2D eigenvalue weighted by atomic mass is 9.98. The summed E-state index contributed by atoms with van der Waals surface area (Å²) in [5.74, 6) is -2.77. The van der Waals surface area contributed by atoms with Crippen LogP contribution in [0.4, 0.5) is 0 Å². The highest BCUT2D eigenvalue weighted by Crippen LogP contribution is 2.24. The summed E-state index contributed by atoms with van der Waals surface area (Å²) in [4.78, 5) is 55.5. The van der Waals surface area contributed by atoms with Gasteiger partial charge in [-0.25, -0.2) is 0 Å². The first-order valence-corrected chi connectivity index (χ1v) is 43.0. The van der Waals surface area contributed by atoms with Crippen molar-refractivity contribution in [2.45, 2.75) is 465 Å². The van der Waals surface area contributed by atoms with Crippen molar-refractivity contribution in [3.63, 3.8) is 0 Å². The van der Waals surface area contributed by atoms with Gasteiger partial charge in [0.1, 0.15) is 17.8 Å². The van der Waals surface area contributed by atoms with Crippen molar-refractivity contribution in [3.8, 4) is 0 Å². The molecule has 0 spiro atoms. The molecule has 5 N–H and O–H groups in total. The van der Waals surface area contributed by atoms with Crippen LogP contribution in [0.25, 0.3) is 0 Å². The van der Waals surface area contributed by atoms with E-state index in [0.29, 0.717) is 58.4 Å². The van der Waals surface area contributed by atoms with Gasteiger partial charge in [-0.15, -0.1) is 0 Å². The summed E-state index contributed by atoms with van der Waals surface area (Å²) >= 11 is 0. The number of esters is 4. The number of aliphatic hydroxyl groups is 5. The molecule has 0 amide bonds. The van der Waals surface area contributed by atoms with E-state index >= 15 is 0 Å². The molecule has 7 unspecified atom stereocenters. The molecule has 0 aliphatic carbocycles. The Morgan fingerprint density at radius 1 is 0.287 bits per heavy atom. The number of rotatable bonds is 72. The predicted octanol–water partition coefficient (Wildman–Crippen LogP) is 21.2. The molecule has 0 fully saturated rings. The fourth-order valence-electron chi connectivity index (χ4n) is 13.5. The van der Waals surface area contributed by atoms with Crippen LogP contribution < -0.4 is 0 Å². The van der Waals surface area contributed by atoms with Crippen molar-refractivity contribution >= 4 is 23.9 Å². The topological polar surface area (TPSA) is 213 Å². The van der Waals surface area contributed by atoms with E-state index in [1.807, 2.05) is 41.5 Å². The lowest BCUT2D eigenvalue weighted by molar-refractivity contribution is -0.163. The van der Waals surface area contributed by atoms with Gasteiger partial charge in [-0.2, -0.15) is 0 Å². The minimum absolute atomic E-state index is 0.0223. The van der Waals surface area contributed by atoms with Crippen molar-refractivity contribution < 1.29 is 63.7 Å². The Hall–Kier alpha value is -2.40. The van der Waals surface area contributed by atoms with E-state index in [1.54, 1.807) is 6.92 Å². The van der Waals surface area contributed by atoms with Gasteiger partial charge >= 0.3 is 23.9 Å². The number of carbonyl (C=O) groups excluding carboxylic acids is 4. The van der Waals surface area contributed by atoms with Crippen LogP contribution in [0.3, 0.4) is 0 Å². The standard InChI is InChI=1S/C48H95NO7.C38H75NO6/c1-7-10-13-16-19-22-25-28-34-43(50)39-49(40-44(51)35-29-26-23-20-17-14-11-8-2)37-32-31-33-42(38-46(53)56-48(4,5)6)47(54)55-41-45(52)36-30-27-24-21-18-15-12-9-3;1-7-10-12-14-16-18-20-22-27-34(40)31-39(32-35(41)28-23-21-19-17-15-13-11-8-2)29-25-24-26-33(37(43)44-9-3)30-36(42)45-38(4,5)6/h42-45,50-52H,7-41H2,1-6H3;33-35,40-41H,7-32H2,1-6H3. The Balaban J connectivity index is 0. The Morgan fingerprint density at radius 2 is 0.505 bits per heavy atom. The largest absolute Gasteiger partial charge is 0.466 e. The van der Waals surface area contributed by atoms with Crippen LogP contribution in [0.15, 0.2) is 0 Å². The third-order valence-electron chi connectivity index (χ3n) is 19.4. The van der Waals surface area contributed by atoms with Gasteiger partial charge in [0.05, 0.1) is 61.8 Å². The monoisotopic (exact) mass is 1440 g/mol. The highest BCUT2D eigenvalue weighted by molar-refractivity contribution is 5.80. The molecule has 7 atom stereocenters. The van der Waals surface area contributed by atoms with Crippen LogP contribution in [0.2, 0.25) is 0 Å². The minimum Gasteiger partial charge on any atom is -0.466 e. The number of ether oxygens (including phenoxy) is 4. The van der Waals surface area contributed by atoms with Gasteiger partial charge in [-0.05, 0) is 119 Å². The Bertz CT molecular complexity index is 1770. The number of aliphatic hydroxyl groups excluding tert-OH is 5. The highest BCUT2D eigenvalue weighted by atomic mass is 16.6. The summed E-state index contributed by atoms with van der Waals surface area (Å²) in [6.07, 6.45) is 54.6. The Morgan fingerprint density at radius 3 is 0.743 bits per heavy atom. The normalized spacial score (nSPS) is 14.1. The summed E-state index contributed by atoms with van der Waals surface area (Å²) in [6, 6.07) is 0. The van der Waals surface area contributed by atoms with Crippen LogP contribution in [0.1, 0.15) is 423 Å². The van der Waals surface area contributed by atoms with Crippen LogP contribution in [0.5, 0.6) is 0 Å². The van der Waals surface area contributed by atoms with Crippen molar-refractivity contribution in [1.29, 1.82) is 0 Å². The molecule has 0 aromatic carbocycles. The maximum atomic E-state index is 13.3. The van der Waals surface area contributed by atoms with E-state index in [-0.39, 0.29) is 38.0 Å². The van der Waals surface area contributed by atoms with E-state index < -0.39 is 65.5 Å². The SMILES string of the molecule is CCCCCCCCCCC(O)CN(CCCCC(CC(=O)OC(C)(C)C)C(=O)OCC)CC(O)CCCCCCCCCC.CCCCCCCCCCC(O)COC(=O)C(CCCCN(CC(O)CCCCCCCCCC)CC(O)CCCCCCCCCC)CC(=O)OC(C)(C)C. The van der Waals surface area contributed by atoms with Gasteiger partial charge in [-0.1, -0.05) is 304 Å². The molecule has 15 nitrogen and oxygen atoms in total. The average Bonchev–Trinajstić information content (AvgIpc) is 0.939. The number of hydrogen-bond acceptors (Lipinski definition) is 15. The third-order valence-corrected chi connectivity index (χ3v) is 19.4. The molecule has 15 heteroatoms. The molecule has 0 aliphatic heterocycles. The summed E-state index contributed by atoms with van der Waals surface area (Å²) in [7, 11) is 0. The predicted molar refractivity (Wildman–Crippen MR) is 422 cm³/mol. The first kappa shape index (κ1) is 101. The summed E-state index contributed by atoms with van der Waals surface area (Å²) in [5.41, 5.74) is -1.25. The minimum atomic E-state index is -0.704. The molecule has 0 bridgehead atoms. The van der Waals surface area contributed by atoms with Crippen molar-refractivity contribution in [1.82, 2.24) is 9.80 Å². The second kappa shape index (κ2) is 70.6. The van der Waals surface area contributed by atoms with Crippen LogP contribution in [-0.2, 0) is 38.1 Å². The van der Waals surface area contributed by atoms with E-state index in [2.05, 4.69) is 44.4 Å². The molecule has 0 aromatic heterocycles. The van der Waals surface area contributed by atoms with Crippen molar-refractivity contribution in [2.75, 3.05) is 52.5 Å².